The van der Waals surface area contributed by atoms with Gasteiger partial charge in [0.25, 0.3) is 5.56 Å². The predicted molar refractivity (Wildman–Crippen MR) is 92.8 cm³/mol. The largest absolute Gasteiger partial charge is 0.329 e. The van der Waals surface area contributed by atoms with E-state index in [-0.39, 0.29) is 11.1 Å². The fraction of sp³-hybridized carbons (Fsp3) is 0. The van der Waals surface area contributed by atoms with Crippen molar-refractivity contribution in [1.29, 1.82) is 0 Å². The summed E-state index contributed by atoms with van der Waals surface area (Å²) in [6, 6.07) is 14.3. The van der Waals surface area contributed by atoms with Gasteiger partial charge in [-0.05, 0) is 42.5 Å². The minimum Gasteiger partial charge on any atom is -0.329 e. The second-order valence-corrected chi connectivity index (χ2v) is 5.81. The van der Waals surface area contributed by atoms with E-state index < -0.39 is 0 Å². The molecule has 0 saturated heterocycles. The van der Waals surface area contributed by atoms with E-state index in [0.29, 0.717) is 26.5 Å². The van der Waals surface area contributed by atoms with Gasteiger partial charge in [0.2, 0.25) is 0 Å². The third kappa shape index (κ3) is 2.23. The predicted octanol–water partition coefficient (Wildman–Crippen LogP) is 3.64. The molecule has 2 heterocycles. The monoisotopic (exact) mass is 340 g/mol. The summed E-state index contributed by atoms with van der Waals surface area (Å²) in [5, 5.41) is 9.57. The molecule has 0 amide bonds. The van der Waals surface area contributed by atoms with Crippen LogP contribution in [0.5, 0.6) is 0 Å². The quantitative estimate of drug-likeness (QED) is 0.424. The maximum Gasteiger partial charge on any atom is 0.287 e. The van der Waals surface area contributed by atoms with E-state index in [4.69, 9.17) is 23.8 Å². The minimum atomic E-state index is -0.315. The molecule has 0 atom stereocenters. The van der Waals surface area contributed by atoms with Crippen molar-refractivity contribution in [3.63, 3.8) is 0 Å². The average Bonchev–Trinajstić information content (AvgIpc) is 2.56. The molecule has 0 fully saturated rings. The molecule has 0 unspecified atom stereocenters. The van der Waals surface area contributed by atoms with Gasteiger partial charge in [-0.1, -0.05) is 29.8 Å². The van der Waals surface area contributed by atoms with Crippen LogP contribution in [-0.4, -0.2) is 19.7 Å². The van der Waals surface area contributed by atoms with Crippen LogP contribution in [0.1, 0.15) is 0 Å². The zero-order chi connectivity index (χ0) is 16.0. The van der Waals surface area contributed by atoms with E-state index in [1.165, 1.54) is 4.57 Å². The molecule has 0 aliphatic rings. The number of aromatic nitrogens is 4. The molecule has 5 nitrogen and oxygen atoms in total. The first-order valence-electron chi connectivity index (χ1n) is 6.81. The first-order valence-corrected chi connectivity index (χ1v) is 7.60. The van der Waals surface area contributed by atoms with Crippen molar-refractivity contribution in [2.24, 2.45) is 0 Å². The van der Waals surface area contributed by atoms with Gasteiger partial charge in [0.1, 0.15) is 0 Å². The molecule has 112 valence electrons. The number of nitrogens with zero attached hydrogens (tertiary/aromatic N) is 3. The van der Waals surface area contributed by atoms with Crippen LogP contribution in [0.25, 0.3) is 27.6 Å². The van der Waals surface area contributed by atoms with Gasteiger partial charge in [-0.2, -0.15) is 0 Å². The molecule has 0 radical (unpaired) electrons. The highest BCUT2D eigenvalue weighted by Crippen LogP contribution is 2.19. The van der Waals surface area contributed by atoms with E-state index in [9.17, 15) is 4.79 Å². The molecule has 0 aliphatic heterocycles. The number of benzene rings is 2. The molecule has 1 N–H and O–H groups in total. The average molecular weight is 341 g/mol. The molecule has 0 saturated carbocycles. The van der Waals surface area contributed by atoms with Gasteiger partial charge in [-0.3, -0.25) is 9.36 Å². The fourth-order valence-corrected chi connectivity index (χ4v) is 2.93. The number of halogens is 1. The lowest BCUT2D eigenvalue weighted by Crippen LogP contribution is -2.21. The van der Waals surface area contributed by atoms with Gasteiger partial charge in [0.15, 0.2) is 10.3 Å². The fourth-order valence-electron chi connectivity index (χ4n) is 2.52. The highest BCUT2D eigenvalue weighted by molar-refractivity contribution is 7.71. The number of nitrogens with one attached hydrogen (secondary N) is 1. The normalized spacial score (nSPS) is 11.2. The molecule has 7 heteroatoms. The van der Waals surface area contributed by atoms with Gasteiger partial charge in [-0.15, -0.1) is 10.2 Å². The van der Waals surface area contributed by atoms with E-state index in [1.54, 1.807) is 24.3 Å². The van der Waals surface area contributed by atoms with Crippen LogP contribution in [-0.2, 0) is 0 Å². The molecule has 0 bridgehead atoms. The number of hydrogen-bond donors (Lipinski definition) is 1. The van der Waals surface area contributed by atoms with Gasteiger partial charge in [0.05, 0.1) is 16.7 Å². The minimum absolute atomic E-state index is 0.243. The highest BCUT2D eigenvalue weighted by atomic mass is 35.5. The Bertz CT molecular complexity index is 1160. The van der Waals surface area contributed by atoms with Crippen molar-refractivity contribution < 1.29 is 0 Å². The molecule has 4 rings (SSSR count). The summed E-state index contributed by atoms with van der Waals surface area (Å²) in [5.74, 6) is 0. The van der Waals surface area contributed by atoms with E-state index >= 15 is 0 Å². The lowest BCUT2D eigenvalue weighted by molar-refractivity contribution is 0.925. The van der Waals surface area contributed by atoms with Crippen molar-refractivity contribution in [1.82, 2.24) is 19.7 Å². The second kappa shape index (κ2) is 5.26. The highest BCUT2D eigenvalue weighted by Gasteiger charge is 2.12. The van der Waals surface area contributed by atoms with Crippen molar-refractivity contribution in [2.45, 2.75) is 0 Å². The number of fused-ring (bicyclic) bond motifs is 3. The van der Waals surface area contributed by atoms with Crippen LogP contribution in [0.3, 0.4) is 0 Å². The maximum atomic E-state index is 12.8. The zero-order valence-electron chi connectivity index (χ0n) is 11.7. The molecular formula is C16H9ClN4OS. The van der Waals surface area contributed by atoms with Gasteiger partial charge in [0, 0.05) is 10.4 Å². The van der Waals surface area contributed by atoms with Gasteiger partial charge in [-0.25, -0.2) is 0 Å². The molecule has 0 spiro atoms. The van der Waals surface area contributed by atoms with Gasteiger partial charge >= 0.3 is 0 Å². The van der Waals surface area contributed by atoms with E-state index in [0.717, 1.165) is 5.39 Å². The summed E-state index contributed by atoms with van der Waals surface area (Å²) in [6.45, 7) is 0. The smallest absolute Gasteiger partial charge is 0.287 e. The summed E-state index contributed by atoms with van der Waals surface area (Å²) >= 11 is 11.3. The molecule has 2 aromatic heterocycles. The zero-order valence-corrected chi connectivity index (χ0v) is 13.2. The van der Waals surface area contributed by atoms with Crippen molar-refractivity contribution >= 4 is 45.8 Å². The molecule has 4 aromatic rings. The van der Waals surface area contributed by atoms with Crippen LogP contribution in [0.4, 0.5) is 0 Å². The number of rotatable bonds is 1. The van der Waals surface area contributed by atoms with Crippen LogP contribution in [0.2, 0.25) is 5.02 Å². The SMILES string of the molecule is O=c1c2nnc3ccccc3c2[nH]c(=S)n1-c1ccc(Cl)cc1. The Morgan fingerprint density at radius 2 is 1.78 bits per heavy atom. The Labute approximate surface area is 140 Å². The summed E-state index contributed by atoms with van der Waals surface area (Å²) in [4.78, 5) is 15.9. The lowest BCUT2D eigenvalue weighted by Gasteiger charge is -2.08. The summed E-state index contributed by atoms with van der Waals surface area (Å²) < 4.78 is 1.68. The van der Waals surface area contributed by atoms with Crippen LogP contribution >= 0.6 is 23.8 Å². The van der Waals surface area contributed by atoms with Crippen LogP contribution in [0.15, 0.2) is 53.3 Å². The standard InChI is InChI=1S/C16H9ClN4OS/c17-9-5-7-10(8-6-9)21-15(22)14-13(18-16(21)23)11-3-1-2-4-12(11)19-20-14/h1-8H,(H,18,23). The first-order chi connectivity index (χ1) is 11.1. The Morgan fingerprint density at radius 3 is 2.57 bits per heavy atom. The topological polar surface area (TPSA) is 63.6 Å². The number of hydrogen-bond acceptors (Lipinski definition) is 4. The number of H-pyrrole nitrogens is 1. The van der Waals surface area contributed by atoms with Crippen molar-refractivity contribution in [2.75, 3.05) is 0 Å². The summed E-state index contributed by atoms with van der Waals surface area (Å²) in [5.41, 5.74) is 1.85. The van der Waals surface area contributed by atoms with Crippen molar-refractivity contribution in [3.8, 4) is 5.69 Å². The van der Waals surface area contributed by atoms with Crippen LogP contribution in [0, 0.1) is 4.77 Å². The third-order valence-electron chi connectivity index (χ3n) is 3.59. The Kier molecular flexibility index (Phi) is 3.21. The molecular weight excluding hydrogens is 332 g/mol. The summed E-state index contributed by atoms with van der Waals surface area (Å²) in [6.07, 6.45) is 0. The van der Waals surface area contributed by atoms with E-state index in [1.807, 2.05) is 24.3 Å². The molecule has 0 aliphatic carbocycles. The Morgan fingerprint density at radius 1 is 1.04 bits per heavy atom. The van der Waals surface area contributed by atoms with E-state index in [2.05, 4.69) is 15.2 Å². The first kappa shape index (κ1) is 14.0. The second-order valence-electron chi connectivity index (χ2n) is 4.99. The van der Waals surface area contributed by atoms with Crippen LogP contribution < -0.4 is 5.56 Å². The number of aromatic amines is 1. The van der Waals surface area contributed by atoms with Crippen molar-refractivity contribution in [3.05, 3.63) is 68.7 Å². The maximum absolute atomic E-state index is 12.8. The Hall–Kier alpha value is -2.57. The van der Waals surface area contributed by atoms with Gasteiger partial charge < -0.3 is 4.98 Å². The molecule has 23 heavy (non-hydrogen) atoms. The molecule has 2 aromatic carbocycles. The summed E-state index contributed by atoms with van der Waals surface area (Å²) in [7, 11) is 0. The Balaban J connectivity index is 2.13. The third-order valence-corrected chi connectivity index (χ3v) is 4.13. The lowest BCUT2D eigenvalue weighted by atomic mass is 10.2.